The van der Waals surface area contributed by atoms with Crippen molar-refractivity contribution in [2.24, 2.45) is 0 Å². The number of hydrogen-bond acceptors (Lipinski definition) is 3. The minimum atomic E-state index is -0.432. The molecule has 0 saturated heterocycles. The van der Waals surface area contributed by atoms with Gasteiger partial charge in [0.2, 0.25) is 0 Å². The SMILES string of the molecule is O=C(NCCCO)/C(=C\c1ccc(Cl)cc1)NC(=O)c1ccc(Br)cc1. The van der Waals surface area contributed by atoms with E-state index in [1.807, 2.05) is 0 Å². The molecule has 7 heteroatoms. The van der Waals surface area contributed by atoms with Crippen molar-refractivity contribution in [3.8, 4) is 0 Å². The third-order valence-electron chi connectivity index (χ3n) is 3.40. The van der Waals surface area contributed by atoms with E-state index in [2.05, 4.69) is 26.6 Å². The van der Waals surface area contributed by atoms with Gasteiger partial charge in [-0.3, -0.25) is 9.59 Å². The van der Waals surface area contributed by atoms with E-state index in [1.165, 1.54) is 0 Å². The van der Waals surface area contributed by atoms with Crippen LogP contribution in [0.4, 0.5) is 0 Å². The summed E-state index contributed by atoms with van der Waals surface area (Å²) in [6.07, 6.45) is 2.00. The lowest BCUT2D eigenvalue weighted by Gasteiger charge is -2.11. The van der Waals surface area contributed by atoms with Crippen molar-refractivity contribution >= 4 is 45.4 Å². The molecule has 26 heavy (non-hydrogen) atoms. The lowest BCUT2D eigenvalue weighted by molar-refractivity contribution is -0.117. The summed E-state index contributed by atoms with van der Waals surface area (Å²) in [6.45, 7) is 0.281. The van der Waals surface area contributed by atoms with Crippen molar-refractivity contribution in [2.45, 2.75) is 6.42 Å². The van der Waals surface area contributed by atoms with Crippen LogP contribution in [-0.4, -0.2) is 30.1 Å². The molecule has 3 N–H and O–H groups in total. The normalized spacial score (nSPS) is 11.1. The molecule has 0 unspecified atom stereocenters. The number of aliphatic hydroxyl groups excluding tert-OH is 1. The van der Waals surface area contributed by atoms with Crippen LogP contribution in [0.2, 0.25) is 5.02 Å². The molecule has 0 aliphatic heterocycles. The molecule has 2 aromatic carbocycles. The van der Waals surface area contributed by atoms with Crippen LogP contribution < -0.4 is 10.6 Å². The number of benzene rings is 2. The second-order valence-electron chi connectivity index (χ2n) is 5.40. The average molecular weight is 438 g/mol. The molecule has 0 saturated carbocycles. The Balaban J connectivity index is 2.21. The molecule has 0 aliphatic rings. The number of hydrogen-bond donors (Lipinski definition) is 3. The van der Waals surface area contributed by atoms with Crippen LogP contribution in [0.3, 0.4) is 0 Å². The molecule has 5 nitrogen and oxygen atoms in total. The zero-order valence-corrected chi connectivity index (χ0v) is 16.2. The van der Waals surface area contributed by atoms with E-state index in [0.717, 1.165) is 10.0 Å². The molecule has 0 bridgehead atoms. The molecule has 0 atom stereocenters. The summed E-state index contributed by atoms with van der Waals surface area (Å²) in [4.78, 5) is 24.8. The molecule has 2 amide bonds. The van der Waals surface area contributed by atoms with Crippen LogP contribution in [0.25, 0.3) is 6.08 Å². The molecule has 0 fully saturated rings. The minimum absolute atomic E-state index is 0.0260. The topological polar surface area (TPSA) is 78.4 Å². The lowest BCUT2D eigenvalue weighted by atomic mass is 10.1. The molecule has 0 radical (unpaired) electrons. The predicted molar refractivity (Wildman–Crippen MR) is 106 cm³/mol. The number of amides is 2. The van der Waals surface area contributed by atoms with E-state index >= 15 is 0 Å². The summed E-state index contributed by atoms with van der Waals surface area (Å²) in [7, 11) is 0. The van der Waals surface area contributed by atoms with Gasteiger partial charge in [-0.05, 0) is 54.5 Å². The Morgan fingerprint density at radius 2 is 1.73 bits per heavy atom. The summed E-state index contributed by atoms with van der Waals surface area (Å²) in [5.74, 6) is -0.825. The van der Waals surface area contributed by atoms with Crippen LogP contribution in [0.15, 0.2) is 58.7 Å². The highest BCUT2D eigenvalue weighted by Crippen LogP contribution is 2.13. The highest BCUT2D eigenvalue weighted by Gasteiger charge is 2.14. The monoisotopic (exact) mass is 436 g/mol. The van der Waals surface area contributed by atoms with Gasteiger partial charge in [0.05, 0.1) is 0 Å². The van der Waals surface area contributed by atoms with Crippen LogP contribution in [-0.2, 0) is 4.79 Å². The van der Waals surface area contributed by atoms with Crippen molar-refractivity contribution in [1.29, 1.82) is 0 Å². The van der Waals surface area contributed by atoms with Gasteiger partial charge in [0, 0.05) is 28.2 Å². The Bertz CT molecular complexity index is 789. The van der Waals surface area contributed by atoms with Crippen molar-refractivity contribution in [3.63, 3.8) is 0 Å². The molecule has 136 valence electrons. The van der Waals surface area contributed by atoms with Crippen molar-refractivity contribution in [3.05, 3.63) is 74.9 Å². The largest absolute Gasteiger partial charge is 0.396 e. The molecule has 0 heterocycles. The number of nitrogens with one attached hydrogen (secondary N) is 2. The van der Waals surface area contributed by atoms with Gasteiger partial charge in [0.15, 0.2) is 0 Å². The van der Waals surface area contributed by atoms with Gasteiger partial charge < -0.3 is 15.7 Å². The smallest absolute Gasteiger partial charge is 0.267 e. The summed E-state index contributed by atoms with van der Waals surface area (Å²) >= 11 is 9.19. The summed E-state index contributed by atoms with van der Waals surface area (Å²) in [5, 5.41) is 14.7. The fraction of sp³-hybridized carbons (Fsp3) is 0.158. The summed E-state index contributed by atoms with van der Waals surface area (Å²) < 4.78 is 0.854. The number of rotatable bonds is 7. The fourth-order valence-electron chi connectivity index (χ4n) is 2.06. The van der Waals surface area contributed by atoms with Gasteiger partial charge >= 0.3 is 0 Å². The van der Waals surface area contributed by atoms with Crippen LogP contribution in [0.5, 0.6) is 0 Å². The first-order valence-corrected chi connectivity index (χ1v) is 9.10. The molecular formula is C19H18BrClN2O3. The maximum absolute atomic E-state index is 12.4. The van der Waals surface area contributed by atoms with Gasteiger partial charge in [0.25, 0.3) is 11.8 Å². The predicted octanol–water partition coefficient (Wildman–Crippen LogP) is 3.37. The Hall–Kier alpha value is -2.15. The molecule has 2 rings (SSSR count). The van der Waals surface area contributed by atoms with E-state index < -0.39 is 11.8 Å². The highest BCUT2D eigenvalue weighted by atomic mass is 79.9. The molecule has 2 aromatic rings. The Morgan fingerprint density at radius 3 is 2.35 bits per heavy atom. The quantitative estimate of drug-likeness (QED) is 0.459. The number of carbonyl (C=O) groups excluding carboxylic acids is 2. The van der Waals surface area contributed by atoms with E-state index in [0.29, 0.717) is 23.6 Å². The molecule has 0 aromatic heterocycles. The molecule has 0 aliphatic carbocycles. The van der Waals surface area contributed by atoms with Gasteiger partial charge in [-0.2, -0.15) is 0 Å². The van der Waals surface area contributed by atoms with Crippen molar-refractivity contribution in [2.75, 3.05) is 13.2 Å². The average Bonchev–Trinajstić information content (AvgIpc) is 2.63. The zero-order valence-electron chi connectivity index (χ0n) is 13.8. The summed E-state index contributed by atoms with van der Waals surface area (Å²) in [5.41, 5.74) is 1.26. The minimum Gasteiger partial charge on any atom is -0.396 e. The first-order valence-electron chi connectivity index (χ1n) is 7.93. The van der Waals surface area contributed by atoms with E-state index in [4.69, 9.17) is 16.7 Å². The Morgan fingerprint density at radius 1 is 1.08 bits per heavy atom. The van der Waals surface area contributed by atoms with Gasteiger partial charge in [-0.25, -0.2) is 0 Å². The van der Waals surface area contributed by atoms with Crippen LogP contribution >= 0.6 is 27.5 Å². The fourth-order valence-corrected chi connectivity index (χ4v) is 2.45. The maximum Gasteiger partial charge on any atom is 0.267 e. The van der Waals surface area contributed by atoms with Crippen LogP contribution in [0.1, 0.15) is 22.3 Å². The van der Waals surface area contributed by atoms with Gasteiger partial charge in [-0.1, -0.05) is 39.7 Å². The van der Waals surface area contributed by atoms with Gasteiger partial charge in [0.1, 0.15) is 5.70 Å². The Labute approximate surface area is 165 Å². The highest BCUT2D eigenvalue weighted by molar-refractivity contribution is 9.10. The van der Waals surface area contributed by atoms with E-state index in [-0.39, 0.29) is 12.3 Å². The molecular weight excluding hydrogens is 420 g/mol. The third kappa shape index (κ3) is 6.29. The first kappa shape index (κ1) is 20.2. The number of carbonyl (C=O) groups is 2. The van der Waals surface area contributed by atoms with Crippen molar-refractivity contribution < 1.29 is 14.7 Å². The number of halogens is 2. The standard InChI is InChI=1S/C19H18BrClN2O3/c20-15-6-4-14(5-7-15)18(25)23-17(19(26)22-10-1-11-24)12-13-2-8-16(21)9-3-13/h2-9,12,24H,1,10-11H2,(H,22,26)(H,23,25)/b17-12+. The Kier molecular flexibility index (Phi) is 7.84. The second kappa shape index (κ2) is 10.1. The van der Waals surface area contributed by atoms with Gasteiger partial charge in [-0.15, -0.1) is 0 Å². The van der Waals surface area contributed by atoms with E-state index in [9.17, 15) is 9.59 Å². The van der Waals surface area contributed by atoms with Crippen LogP contribution in [0, 0.1) is 0 Å². The molecule has 0 spiro atoms. The lowest BCUT2D eigenvalue weighted by Crippen LogP contribution is -2.35. The second-order valence-corrected chi connectivity index (χ2v) is 6.76. The maximum atomic E-state index is 12.4. The zero-order chi connectivity index (χ0) is 18.9. The number of aliphatic hydroxyl groups is 1. The van der Waals surface area contributed by atoms with Crippen molar-refractivity contribution in [1.82, 2.24) is 10.6 Å². The third-order valence-corrected chi connectivity index (χ3v) is 4.18. The van der Waals surface area contributed by atoms with E-state index in [1.54, 1.807) is 54.6 Å². The first-order chi connectivity index (χ1) is 12.5. The summed E-state index contributed by atoms with van der Waals surface area (Å²) in [6, 6.07) is 13.7.